The molecule has 6 nitrogen and oxygen atoms in total. The maximum Gasteiger partial charge on any atom is 0.493 e. The van der Waals surface area contributed by atoms with E-state index in [0.717, 1.165) is 6.07 Å². The van der Waals surface area contributed by atoms with Crippen molar-refractivity contribution in [3.63, 3.8) is 0 Å². The van der Waals surface area contributed by atoms with Gasteiger partial charge in [-0.05, 0) is 51.8 Å². The number of hydrogen-bond acceptors (Lipinski definition) is 4. The van der Waals surface area contributed by atoms with Crippen LogP contribution in [0.1, 0.15) is 0 Å². The molecular formula is C25H17Cl2F3N4O2Si. The van der Waals surface area contributed by atoms with Crippen LogP contribution in [-0.4, -0.2) is 32.2 Å². The summed E-state index contributed by atoms with van der Waals surface area (Å²) in [6.07, 6.45) is -0.793. The zero-order valence-electron chi connectivity index (χ0n) is 19.0. The van der Waals surface area contributed by atoms with E-state index < -0.39 is 25.8 Å². The number of imidazole rings is 1. The first-order valence-corrected chi connectivity index (χ1v) is 13.5. The molecule has 2 aromatic carbocycles. The molecule has 3 heterocycles. The highest BCUT2D eigenvalue weighted by Gasteiger charge is 2.42. The quantitative estimate of drug-likeness (QED) is 0.341. The number of nitrogens with zero attached hydrogens (tertiary/aromatic N) is 4. The summed E-state index contributed by atoms with van der Waals surface area (Å²) in [5, 5.41) is 2.12. The zero-order chi connectivity index (χ0) is 26.5. The smallest absolute Gasteiger partial charge is 0.420 e. The van der Waals surface area contributed by atoms with Gasteiger partial charge in [-0.1, -0.05) is 47.5 Å². The molecule has 12 heteroatoms. The molecule has 0 aliphatic carbocycles. The first kappa shape index (κ1) is 25.2. The predicted molar refractivity (Wildman–Crippen MR) is 139 cm³/mol. The van der Waals surface area contributed by atoms with Gasteiger partial charge in [0.2, 0.25) is 0 Å². The molecule has 0 radical (unpaired) electrons. The molecule has 188 valence electrons. The van der Waals surface area contributed by atoms with Gasteiger partial charge in [0.25, 0.3) is 5.56 Å². The Morgan fingerprint density at radius 1 is 0.946 bits per heavy atom. The number of benzene rings is 2. The molecule has 0 spiro atoms. The third-order valence-corrected chi connectivity index (χ3v) is 10.1. The lowest BCUT2D eigenvalue weighted by Crippen LogP contribution is -2.69. The summed E-state index contributed by atoms with van der Waals surface area (Å²) in [5.74, 6) is 0. The molecule has 0 aliphatic heterocycles. The first-order valence-electron chi connectivity index (χ1n) is 10.8. The Bertz CT molecular complexity index is 1700. The Balaban J connectivity index is 1.88. The van der Waals surface area contributed by atoms with Crippen LogP contribution in [-0.2, 0) is 13.3 Å². The van der Waals surface area contributed by atoms with Gasteiger partial charge >= 0.3 is 14.6 Å². The topological polar surface area (TPSA) is 72.9 Å². The highest BCUT2D eigenvalue weighted by atomic mass is 35.5. The second-order valence-electron chi connectivity index (χ2n) is 8.41. The first-order chi connectivity index (χ1) is 17.5. The lowest BCUT2D eigenvalue weighted by atomic mass is 10.0. The number of fused-ring (bicyclic) bond motifs is 1. The second-order valence-corrected chi connectivity index (χ2v) is 12.4. The van der Waals surface area contributed by atoms with Gasteiger partial charge in [-0.15, -0.1) is 13.2 Å². The number of rotatable bonds is 4. The Labute approximate surface area is 219 Å². The Kier molecular flexibility index (Phi) is 6.23. The zero-order valence-corrected chi connectivity index (χ0v) is 21.6. The Morgan fingerprint density at radius 3 is 2.30 bits per heavy atom. The molecule has 0 fully saturated rings. The van der Waals surface area contributed by atoms with Crippen molar-refractivity contribution in [1.29, 1.82) is 0 Å². The van der Waals surface area contributed by atoms with E-state index in [1.54, 1.807) is 60.1 Å². The molecule has 0 saturated carbocycles. The van der Waals surface area contributed by atoms with Crippen LogP contribution < -0.4 is 21.2 Å². The minimum atomic E-state index is -5.01. The summed E-state index contributed by atoms with van der Waals surface area (Å²) >= 11 is 12.2. The van der Waals surface area contributed by atoms with Crippen LogP contribution in [0.3, 0.4) is 0 Å². The number of aryl methyl sites for hydroxylation is 1. The van der Waals surface area contributed by atoms with Gasteiger partial charge in [0.1, 0.15) is 0 Å². The van der Waals surface area contributed by atoms with E-state index >= 15 is 0 Å². The average Bonchev–Trinajstić information content (AvgIpc) is 3.28. The Morgan fingerprint density at radius 2 is 1.68 bits per heavy atom. The van der Waals surface area contributed by atoms with Crippen molar-refractivity contribution in [2.75, 3.05) is 0 Å². The molecular weight excluding hydrogens is 544 g/mol. The fraction of sp³-hybridized carbons (Fsp3) is 0.0800. The van der Waals surface area contributed by atoms with Crippen LogP contribution in [0.25, 0.3) is 22.2 Å². The van der Waals surface area contributed by atoms with E-state index in [1.165, 1.54) is 24.8 Å². The van der Waals surface area contributed by atoms with Gasteiger partial charge in [-0.25, -0.2) is 14.5 Å². The lowest BCUT2D eigenvalue weighted by Gasteiger charge is -2.27. The Hall–Kier alpha value is -3.44. The molecule has 0 bridgehead atoms. The van der Waals surface area contributed by atoms with Crippen LogP contribution in [0, 0.1) is 0 Å². The molecule has 1 atom stereocenters. The summed E-state index contributed by atoms with van der Waals surface area (Å²) in [7, 11) is -2.13. The highest BCUT2D eigenvalue weighted by molar-refractivity contribution is 7.05. The molecule has 5 rings (SSSR count). The number of hydrogen-bond donors (Lipinski definition) is 1. The SMILES string of the molecule is Cn1cncc1[Si](O)(c1ccc(Cl)cc1)c1cnc2c(c1)c(-c1cccc(Cl)c1)cc(=O)n2C(F)(F)F. The summed E-state index contributed by atoms with van der Waals surface area (Å²) in [5.41, 5.74) is -1.24. The maximum absolute atomic E-state index is 13.9. The van der Waals surface area contributed by atoms with Gasteiger partial charge in [-0.2, -0.15) is 0 Å². The monoisotopic (exact) mass is 560 g/mol. The second kappa shape index (κ2) is 9.14. The standard InChI is InChI=1S/C25H17Cl2F3N4O2Si/c1-33-14-31-13-23(33)37(36,18-7-5-16(26)6-8-18)19-10-21-20(15-3-2-4-17(27)9-15)11-22(35)34(25(28,29)30)24(21)32-12-19/h2-14,36H,1H3. The summed E-state index contributed by atoms with van der Waals surface area (Å²) in [6.45, 7) is 0. The molecule has 3 aromatic heterocycles. The van der Waals surface area contributed by atoms with Crippen LogP contribution in [0.4, 0.5) is 13.2 Å². The van der Waals surface area contributed by atoms with Crippen molar-refractivity contribution in [3.8, 4) is 11.1 Å². The van der Waals surface area contributed by atoms with Crippen LogP contribution in [0.2, 0.25) is 10.0 Å². The van der Waals surface area contributed by atoms with Gasteiger partial charge < -0.3 is 9.36 Å². The van der Waals surface area contributed by atoms with Crippen molar-refractivity contribution < 1.29 is 18.0 Å². The van der Waals surface area contributed by atoms with Crippen molar-refractivity contribution in [2.24, 2.45) is 7.05 Å². The van der Waals surface area contributed by atoms with Crippen molar-refractivity contribution in [1.82, 2.24) is 19.1 Å². The number of alkyl halides is 3. The van der Waals surface area contributed by atoms with E-state index in [-0.39, 0.29) is 15.5 Å². The van der Waals surface area contributed by atoms with Crippen molar-refractivity contribution in [3.05, 3.63) is 99.8 Å². The highest BCUT2D eigenvalue weighted by Crippen LogP contribution is 2.31. The molecule has 0 aliphatic rings. The van der Waals surface area contributed by atoms with E-state index in [2.05, 4.69) is 9.97 Å². The van der Waals surface area contributed by atoms with Gasteiger partial charge in [0, 0.05) is 40.9 Å². The van der Waals surface area contributed by atoms with Crippen LogP contribution in [0.5, 0.6) is 0 Å². The van der Waals surface area contributed by atoms with E-state index in [0.29, 0.717) is 31.3 Å². The maximum atomic E-state index is 13.9. The van der Waals surface area contributed by atoms with Crippen LogP contribution >= 0.6 is 23.2 Å². The molecule has 37 heavy (non-hydrogen) atoms. The minimum absolute atomic E-state index is 0.0266. The lowest BCUT2D eigenvalue weighted by molar-refractivity contribution is -0.203. The molecule has 0 saturated heterocycles. The van der Waals surface area contributed by atoms with E-state index in [1.807, 2.05) is 0 Å². The predicted octanol–water partition coefficient (Wildman–Crippen LogP) is 3.54. The third kappa shape index (κ3) is 4.35. The minimum Gasteiger partial charge on any atom is -0.420 e. The largest absolute Gasteiger partial charge is 0.493 e. The molecule has 1 unspecified atom stereocenters. The summed E-state index contributed by atoms with van der Waals surface area (Å²) in [6, 6.07) is 15.4. The normalized spacial score (nSPS) is 13.6. The molecule has 0 amide bonds. The fourth-order valence-corrected chi connectivity index (χ4v) is 7.73. The third-order valence-electron chi connectivity index (χ3n) is 6.11. The fourth-order valence-electron chi connectivity index (χ4n) is 4.40. The van der Waals surface area contributed by atoms with Gasteiger partial charge in [-0.3, -0.25) is 4.79 Å². The van der Waals surface area contributed by atoms with Crippen molar-refractivity contribution >= 4 is 58.2 Å². The number of pyridine rings is 2. The van der Waals surface area contributed by atoms with E-state index in [4.69, 9.17) is 23.2 Å². The molecule has 1 N–H and O–H groups in total. The number of halogens is 5. The summed E-state index contributed by atoms with van der Waals surface area (Å²) < 4.78 is 43.1. The molecule has 5 aromatic rings. The van der Waals surface area contributed by atoms with Gasteiger partial charge in [0.05, 0.1) is 11.6 Å². The van der Waals surface area contributed by atoms with Crippen molar-refractivity contribution in [2.45, 2.75) is 6.30 Å². The van der Waals surface area contributed by atoms with Crippen LogP contribution in [0.15, 0.2) is 84.2 Å². The summed E-state index contributed by atoms with van der Waals surface area (Å²) in [4.78, 5) is 33.2. The van der Waals surface area contributed by atoms with E-state index in [9.17, 15) is 22.8 Å². The number of aromatic nitrogens is 4. The average molecular weight is 561 g/mol. The van der Waals surface area contributed by atoms with Gasteiger partial charge in [0.15, 0.2) is 5.65 Å².